The first-order valence-corrected chi connectivity index (χ1v) is 11.1. The van der Waals surface area contributed by atoms with Crippen molar-refractivity contribution in [2.24, 2.45) is 7.05 Å². The Hall–Kier alpha value is -2.71. The van der Waals surface area contributed by atoms with E-state index < -0.39 is 0 Å². The lowest BCUT2D eigenvalue weighted by molar-refractivity contribution is -0.122. The van der Waals surface area contributed by atoms with Gasteiger partial charge in [0.25, 0.3) is 0 Å². The first kappa shape index (κ1) is 21.5. The number of nitrogens with one attached hydrogen (secondary N) is 3. The van der Waals surface area contributed by atoms with E-state index in [1.165, 1.54) is 11.1 Å². The molecule has 0 bridgehead atoms. The van der Waals surface area contributed by atoms with Crippen LogP contribution in [0.5, 0.6) is 0 Å². The zero-order valence-corrected chi connectivity index (χ0v) is 19.1. The second kappa shape index (κ2) is 8.80. The van der Waals surface area contributed by atoms with Crippen LogP contribution in [-0.4, -0.2) is 37.8 Å². The van der Waals surface area contributed by atoms with Crippen LogP contribution in [0.4, 0.5) is 0 Å². The molecule has 1 amide bonds. The predicted octanol–water partition coefficient (Wildman–Crippen LogP) is 2.62. The summed E-state index contributed by atoms with van der Waals surface area (Å²) in [5, 5.41) is 7.57. The Bertz CT molecular complexity index is 1080. The number of amides is 1. The fourth-order valence-electron chi connectivity index (χ4n) is 4.64. The van der Waals surface area contributed by atoms with Crippen molar-refractivity contribution in [1.29, 1.82) is 0 Å². The van der Waals surface area contributed by atoms with E-state index in [0.717, 1.165) is 35.6 Å². The van der Waals surface area contributed by atoms with Crippen LogP contribution in [0.25, 0.3) is 11.0 Å². The van der Waals surface area contributed by atoms with E-state index in [0.29, 0.717) is 19.0 Å². The minimum atomic E-state index is -0.246. The maximum Gasteiger partial charge on any atom is 0.238 e. The summed E-state index contributed by atoms with van der Waals surface area (Å²) in [5.74, 6) is 1.11. The Balaban J connectivity index is 1.30. The molecular formula is C23H33N7O. The topological polar surface area (TPSA) is 88.8 Å². The Morgan fingerprint density at radius 3 is 2.74 bits per heavy atom. The van der Waals surface area contributed by atoms with Crippen molar-refractivity contribution in [1.82, 2.24) is 35.5 Å². The molecule has 3 heterocycles. The van der Waals surface area contributed by atoms with Gasteiger partial charge in [0.15, 0.2) is 0 Å². The maximum atomic E-state index is 12.7. The van der Waals surface area contributed by atoms with E-state index in [1.807, 2.05) is 24.7 Å². The number of aromatic nitrogens is 4. The maximum absolute atomic E-state index is 12.7. The summed E-state index contributed by atoms with van der Waals surface area (Å²) in [4.78, 5) is 17.5. The zero-order chi connectivity index (χ0) is 22.1. The molecule has 31 heavy (non-hydrogen) atoms. The van der Waals surface area contributed by atoms with Crippen molar-refractivity contribution in [2.75, 3.05) is 6.54 Å². The van der Waals surface area contributed by atoms with E-state index in [1.54, 1.807) is 0 Å². The van der Waals surface area contributed by atoms with Gasteiger partial charge < -0.3 is 9.88 Å². The van der Waals surface area contributed by atoms with Crippen molar-refractivity contribution in [3.05, 3.63) is 47.0 Å². The molecule has 2 atom stereocenters. The summed E-state index contributed by atoms with van der Waals surface area (Å²) in [6.07, 6.45) is 2.40. The van der Waals surface area contributed by atoms with Crippen molar-refractivity contribution in [3.63, 3.8) is 0 Å². The van der Waals surface area contributed by atoms with Gasteiger partial charge in [0.2, 0.25) is 5.91 Å². The highest BCUT2D eigenvalue weighted by Crippen LogP contribution is 2.27. The molecule has 3 N–H and O–H groups in total. The second-order valence-electron chi connectivity index (χ2n) is 8.71. The number of hydrogen-bond donors (Lipinski definition) is 3. The van der Waals surface area contributed by atoms with E-state index in [4.69, 9.17) is 4.98 Å². The summed E-state index contributed by atoms with van der Waals surface area (Å²) < 4.78 is 4.19. The number of hydrogen-bond acceptors (Lipinski definition) is 5. The molecule has 2 aromatic heterocycles. The molecule has 1 aliphatic rings. The number of aryl methyl sites for hydroxylation is 3. The van der Waals surface area contributed by atoms with Crippen LogP contribution < -0.4 is 16.2 Å². The van der Waals surface area contributed by atoms with Gasteiger partial charge in [0.05, 0.1) is 22.8 Å². The number of carbonyl (C=O) groups is 1. The number of fused-ring (bicyclic) bond motifs is 1. The molecule has 4 rings (SSSR count). The Labute approximate surface area is 183 Å². The van der Waals surface area contributed by atoms with Crippen LogP contribution >= 0.6 is 0 Å². The van der Waals surface area contributed by atoms with Gasteiger partial charge in [-0.15, -0.1) is 0 Å². The van der Waals surface area contributed by atoms with Gasteiger partial charge in [-0.05, 0) is 52.7 Å². The first-order valence-electron chi connectivity index (χ1n) is 11.1. The molecule has 0 saturated carbocycles. The highest BCUT2D eigenvalue weighted by Gasteiger charge is 2.32. The first-order chi connectivity index (χ1) is 14.9. The van der Waals surface area contributed by atoms with Crippen LogP contribution in [0.15, 0.2) is 24.3 Å². The fourth-order valence-corrected chi connectivity index (χ4v) is 4.64. The van der Waals surface area contributed by atoms with E-state index in [9.17, 15) is 4.79 Å². The van der Waals surface area contributed by atoms with Crippen LogP contribution in [0.3, 0.4) is 0 Å². The van der Waals surface area contributed by atoms with Crippen molar-refractivity contribution >= 4 is 16.9 Å². The number of para-hydroxylation sites is 2. The van der Waals surface area contributed by atoms with E-state index >= 15 is 0 Å². The average molecular weight is 424 g/mol. The third-order valence-corrected chi connectivity index (χ3v) is 6.19. The number of nitrogens with zero attached hydrogens (tertiary/aromatic N) is 4. The Morgan fingerprint density at radius 1 is 1.26 bits per heavy atom. The van der Waals surface area contributed by atoms with Crippen LogP contribution in [0.1, 0.15) is 61.5 Å². The molecule has 8 heteroatoms. The van der Waals surface area contributed by atoms with Crippen LogP contribution in [-0.2, 0) is 18.3 Å². The molecule has 0 aliphatic carbocycles. The molecular weight excluding hydrogens is 390 g/mol. The quantitative estimate of drug-likeness (QED) is 0.509. The van der Waals surface area contributed by atoms with Gasteiger partial charge >= 0.3 is 0 Å². The highest BCUT2D eigenvalue weighted by molar-refractivity contribution is 5.82. The molecule has 1 aliphatic heterocycles. The summed E-state index contributed by atoms with van der Waals surface area (Å²) >= 11 is 0. The number of rotatable bonds is 7. The third kappa shape index (κ3) is 4.22. The highest BCUT2D eigenvalue weighted by atomic mass is 16.2. The van der Waals surface area contributed by atoms with Gasteiger partial charge in [0, 0.05) is 37.3 Å². The van der Waals surface area contributed by atoms with E-state index in [2.05, 4.69) is 64.8 Å². The summed E-state index contributed by atoms with van der Waals surface area (Å²) in [6.45, 7) is 9.07. The summed E-state index contributed by atoms with van der Waals surface area (Å²) in [6, 6.07) is 8.45. The smallest absolute Gasteiger partial charge is 0.238 e. The SMILES string of the molecule is Cc1nn(C)c(C)c1C1CC(C(=O)NCCCc2nc3ccccc3n2C(C)C)NN1. The van der Waals surface area contributed by atoms with Crippen LogP contribution in [0, 0.1) is 13.8 Å². The molecule has 1 aromatic carbocycles. The molecule has 1 fully saturated rings. The number of benzene rings is 1. The molecule has 166 valence electrons. The largest absolute Gasteiger partial charge is 0.355 e. The predicted molar refractivity (Wildman–Crippen MR) is 122 cm³/mol. The van der Waals surface area contributed by atoms with Crippen LogP contribution in [0.2, 0.25) is 0 Å². The molecule has 0 radical (unpaired) electrons. The monoisotopic (exact) mass is 423 g/mol. The lowest BCUT2D eigenvalue weighted by Crippen LogP contribution is -2.43. The lowest BCUT2D eigenvalue weighted by atomic mass is 10.00. The van der Waals surface area contributed by atoms with E-state index in [-0.39, 0.29) is 18.0 Å². The summed E-state index contributed by atoms with van der Waals surface area (Å²) in [5.41, 5.74) is 11.9. The second-order valence-corrected chi connectivity index (χ2v) is 8.71. The molecule has 2 unspecified atom stereocenters. The lowest BCUT2D eigenvalue weighted by Gasteiger charge is -2.14. The normalized spacial score (nSPS) is 18.9. The van der Waals surface area contributed by atoms with Crippen molar-refractivity contribution in [3.8, 4) is 0 Å². The van der Waals surface area contributed by atoms with Gasteiger partial charge in [-0.2, -0.15) is 5.10 Å². The Kier molecular flexibility index (Phi) is 6.11. The zero-order valence-electron chi connectivity index (χ0n) is 19.1. The molecule has 8 nitrogen and oxygen atoms in total. The third-order valence-electron chi connectivity index (χ3n) is 6.19. The Morgan fingerprint density at radius 2 is 2.03 bits per heavy atom. The van der Waals surface area contributed by atoms with Gasteiger partial charge in [-0.25, -0.2) is 15.8 Å². The number of carbonyl (C=O) groups excluding carboxylic acids is 1. The fraction of sp³-hybridized carbons (Fsp3) is 0.522. The summed E-state index contributed by atoms with van der Waals surface area (Å²) in [7, 11) is 1.95. The average Bonchev–Trinajstić information content (AvgIpc) is 3.41. The number of imidazole rings is 1. The van der Waals surface area contributed by atoms with Crippen molar-refractivity contribution in [2.45, 2.75) is 65.1 Å². The van der Waals surface area contributed by atoms with Gasteiger partial charge in [-0.1, -0.05) is 12.1 Å². The standard InChI is InChI=1S/C23H33N7O/c1-14(2)30-20-10-7-6-9-17(20)25-21(30)11-8-12-24-23(31)19-13-18(26-27-19)22-15(3)28-29(5)16(22)4/h6-7,9-10,14,18-19,26-27H,8,11-13H2,1-5H3,(H,24,31). The van der Waals surface area contributed by atoms with Gasteiger partial charge in [-0.3, -0.25) is 9.48 Å². The molecule has 1 saturated heterocycles. The van der Waals surface area contributed by atoms with Gasteiger partial charge in [0.1, 0.15) is 11.9 Å². The number of hydrazine groups is 1. The van der Waals surface area contributed by atoms with Crippen molar-refractivity contribution < 1.29 is 4.79 Å². The minimum Gasteiger partial charge on any atom is -0.355 e. The molecule has 0 spiro atoms. The minimum absolute atomic E-state index is 0.0339. The molecule has 3 aromatic rings.